The predicted octanol–water partition coefficient (Wildman–Crippen LogP) is 5.04. The third-order valence-corrected chi connectivity index (χ3v) is 5.25. The summed E-state index contributed by atoms with van der Waals surface area (Å²) < 4.78 is 10.5. The molecule has 0 aliphatic heterocycles. The number of hydrogen-bond donors (Lipinski definition) is 1. The largest absolute Gasteiger partial charge is 0.495 e. The Morgan fingerprint density at radius 3 is 2.46 bits per heavy atom. The lowest BCUT2D eigenvalue weighted by Crippen LogP contribution is -2.12. The molecule has 0 saturated heterocycles. The molecule has 134 valence electrons. The van der Waals surface area contributed by atoms with Crippen molar-refractivity contribution < 1.29 is 14.3 Å². The highest BCUT2D eigenvalue weighted by molar-refractivity contribution is 7.17. The zero-order chi connectivity index (χ0) is 18.7. The van der Waals surface area contributed by atoms with Crippen LogP contribution >= 0.6 is 22.9 Å². The van der Waals surface area contributed by atoms with Crippen LogP contribution in [0.5, 0.6) is 11.5 Å². The maximum Gasteiger partial charge on any atom is 0.267 e. The number of ether oxygens (including phenoxy) is 2. The van der Waals surface area contributed by atoms with Crippen LogP contribution in [0.2, 0.25) is 5.02 Å². The minimum Gasteiger partial charge on any atom is -0.495 e. The van der Waals surface area contributed by atoms with Crippen molar-refractivity contribution in [2.45, 2.75) is 6.92 Å². The first kappa shape index (κ1) is 18.2. The van der Waals surface area contributed by atoms with Crippen molar-refractivity contribution >= 4 is 34.5 Å². The van der Waals surface area contributed by atoms with Gasteiger partial charge in [0.25, 0.3) is 5.91 Å². The van der Waals surface area contributed by atoms with Crippen LogP contribution in [0.15, 0.2) is 42.5 Å². The molecule has 0 unspecified atom stereocenters. The molecule has 1 aromatic heterocycles. The fourth-order valence-electron chi connectivity index (χ4n) is 2.45. The Balaban J connectivity index is 1.91. The van der Waals surface area contributed by atoms with Gasteiger partial charge in [0.15, 0.2) is 0 Å². The Bertz CT molecular complexity index is 941. The summed E-state index contributed by atoms with van der Waals surface area (Å²) in [6.07, 6.45) is 0. The number of aromatic nitrogens is 1. The van der Waals surface area contributed by atoms with E-state index in [0.29, 0.717) is 32.8 Å². The second-order valence-corrected chi connectivity index (χ2v) is 6.85. The van der Waals surface area contributed by atoms with Gasteiger partial charge in [0.05, 0.1) is 30.6 Å². The van der Waals surface area contributed by atoms with Gasteiger partial charge in [0.1, 0.15) is 21.4 Å². The first-order valence-electron chi connectivity index (χ1n) is 7.79. The monoisotopic (exact) mass is 388 g/mol. The molecular formula is C19H17ClN2O3S. The maximum atomic E-state index is 12.8. The van der Waals surface area contributed by atoms with Crippen molar-refractivity contribution in [1.82, 2.24) is 4.98 Å². The van der Waals surface area contributed by atoms with E-state index in [1.54, 1.807) is 12.1 Å². The van der Waals surface area contributed by atoms with E-state index in [4.69, 9.17) is 21.1 Å². The van der Waals surface area contributed by atoms with E-state index in [-0.39, 0.29) is 5.91 Å². The Morgan fingerprint density at radius 1 is 1.12 bits per heavy atom. The molecule has 0 aliphatic carbocycles. The number of nitrogens with one attached hydrogen (secondary N) is 1. The molecule has 0 radical (unpaired) electrons. The SMILES string of the molecule is COc1cc(NC(=O)c2sc(-c3ccccc3)nc2C)c(OC)cc1Cl. The van der Waals surface area contributed by atoms with Crippen molar-refractivity contribution in [2.24, 2.45) is 0 Å². The number of nitrogens with zero attached hydrogens (tertiary/aromatic N) is 1. The molecule has 0 fully saturated rings. The summed E-state index contributed by atoms with van der Waals surface area (Å²) in [5, 5.41) is 4.06. The topological polar surface area (TPSA) is 60.5 Å². The molecular weight excluding hydrogens is 372 g/mol. The Kier molecular flexibility index (Phi) is 5.44. The molecule has 0 saturated carbocycles. The first-order chi connectivity index (χ1) is 12.5. The first-order valence-corrected chi connectivity index (χ1v) is 8.98. The fraction of sp³-hybridized carbons (Fsp3) is 0.158. The number of thiazole rings is 1. The van der Waals surface area contributed by atoms with Crippen molar-refractivity contribution in [1.29, 1.82) is 0 Å². The highest BCUT2D eigenvalue weighted by Crippen LogP contribution is 2.36. The molecule has 3 rings (SSSR count). The maximum absolute atomic E-state index is 12.8. The minimum absolute atomic E-state index is 0.259. The van der Waals surface area contributed by atoms with E-state index >= 15 is 0 Å². The predicted molar refractivity (Wildman–Crippen MR) is 105 cm³/mol. The molecule has 3 aromatic rings. The molecule has 0 spiro atoms. The highest BCUT2D eigenvalue weighted by Gasteiger charge is 2.19. The van der Waals surface area contributed by atoms with Gasteiger partial charge in [-0.05, 0) is 6.92 Å². The molecule has 0 bridgehead atoms. The number of anilines is 1. The van der Waals surface area contributed by atoms with Gasteiger partial charge in [-0.3, -0.25) is 4.79 Å². The van der Waals surface area contributed by atoms with Gasteiger partial charge < -0.3 is 14.8 Å². The average molecular weight is 389 g/mol. The van der Waals surface area contributed by atoms with Crippen LogP contribution in [0.3, 0.4) is 0 Å². The molecule has 26 heavy (non-hydrogen) atoms. The van der Waals surface area contributed by atoms with Gasteiger partial charge in [-0.1, -0.05) is 41.9 Å². The third-order valence-electron chi connectivity index (χ3n) is 3.75. The van der Waals surface area contributed by atoms with Crippen LogP contribution in [0, 0.1) is 6.92 Å². The van der Waals surface area contributed by atoms with E-state index in [1.807, 2.05) is 37.3 Å². The van der Waals surface area contributed by atoms with Crippen molar-refractivity contribution in [3.63, 3.8) is 0 Å². The Morgan fingerprint density at radius 2 is 1.81 bits per heavy atom. The molecule has 1 heterocycles. The lowest BCUT2D eigenvalue weighted by atomic mass is 10.2. The standard InChI is InChI=1S/C19H17ClN2O3S/c1-11-17(26-19(21-11)12-7-5-4-6-8-12)18(23)22-14-10-15(24-2)13(20)9-16(14)25-3/h4-10H,1-3H3,(H,22,23). The molecule has 2 aromatic carbocycles. The van der Waals surface area contributed by atoms with Crippen LogP contribution in [0.4, 0.5) is 5.69 Å². The van der Waals surface area contributed by atoms with Gasteiger partial charge in [-0.25, -0.2) is 4.98 Å². The van der Waals surface area contributed by atoms with Crippen LogP contribution in [-0.2, 0) is 0 Å². The zero-order valence-electron chi connectivity index (χ0n) is 14.5. The highest BCUT2D eigenvalue weighted by atomic mass is 35.5. The van der Waals surface area contributed by atoms with E-state index in [0.717, 1.165) is 10.6 Å². The minimum atomic E-state index is -0.259. The van der Waals surface area contributed by atoms with Gasteiger partial charge in [0.2, 0.25) is 0 Å². The van der Waals surface area contributed by atoms with Gasteiger partial charge in [-0.2, -0.15) is 0 Å². The fourth-order valence-corrected chi connectivity index (χ4v) is 3.65. The number of methoxy groups -OCH3 is 2. The molecule has 7 heteroatoms. The number of carbonyl (C=O) groups is 1. The second-order valence-electron chi connectivity index (χ2n) is 5.44. The Labute approximate surface area is 160 Å². The molecule has 5 nitrogen and oxygen atoms in total. The van der Waals surface area contributed by atoms with Gasteiger partial charge >= 0.3 is 0 Å². The Hall–Kier alpha value is -2.57. The van der Waals surface area contributed by atoms with Crippen LogP contribution in [-0.4, -0.2) is 25.1 Å². The lowest BCUT2D eigenvalue weighted by molar-refractivity contribution is 0.102. The van der Waals surface area contributed by atoms with Gasteiger partial charge in [-0.15, -0.1) is 11.3 Å². The summed E-state index contributed by atoms with van der Waals surface area (Å²) in [5.74, 6) is 0.647. The molecule has 1 N–H and O–H groups in total. The van der Waals surface area contributed by atoms with E-state index in [1.165, 1.54) is 25.6 Å². The van der Waals surface area contributed by atoms with E-state index in [9.17, 15) is 4.79 Å². The number of hydrogen-bond acceptors (Lipinski definition) is 5. The number of carbonyl (C=O) groups excluding carboxylic acids is 1. The summed E-state index contributed by atoms with van der Waals surface area (Å²) >= 11 is 7.45. The number of benzene rings is 2. The number of amides is 1. The molecule has 0 atom stereocenters. The summed E-state index contributed by atoms with van der Waals surface area (Å²) in [7, 11) is 3.03. The van der Waals surface area contributed by atoms with Crippen molar-refractivity contribution in [2.75, 3.05) is 19.5 Å². The lowest BCUT2D eigenvalue weighted by Gasteiger charge is -2.12. The van der Waals surface area contributed by atoms with Crippen molar-refractivity contribution in [3.8, 4) is 22.1 Å². The van der Waals surface area contributed by atoms with E-state index in [2.05, 4.69) is 10.3 Å². The van der Waals surface area contributed by atoms with Crippen LogP contribution < -0.4 is 14.8 Å². The summed E-state index contributed by atoms with van der Waals surface area (Å²) in [6.45, 7) is 1.82. The normalized spacial score (nSPS) is 10.5. The zero-order valence-corrected chi connectivity index (χ0v) is 16.1. The summed E-state index contributed by atoms with van der Waals surface area (Å²) in [5.41, 5.74) is 2.13. The average Bonchev–Trinajstić information content (AvgIpc) is 3.05. The third kappa shape index (κ3) is 3.66. The molecule has 1 amide bonds. The van der Waals surface area contributed by atoms with Crippen molar-refractivity contribution in [3.05, 3.63) is 58.1 Å². The quantitative estimate of drug-likeness (QED) is 0.665. The number of rotatable bonds is 5. The molecule has 0 aliphatic rings. The second kappa shape index (κ2) is 7.76. The van der Waals surface area contributed by atoms with Crippen LogP contribution in [0.25, 0.3) is 10.6 Å². The smallest absolute Gasteiger partial charge is 0.267 e. The number of halogens is 1. The van der Waals surface area contributed by atoms with Gasteiger partial charge in [0, 0.05) is 17.7 Å². The van der Waals surface area contributed by atoms with Crippen LogP contribution in [0.1, 0.15) is 15.4 Å². The summed E-state index contributed by atoms with van der Waals surface area (Å²) in [4.78, 5) is 17.8. The number of aryl methyl sites for hydroxylation is 1. The summed E-state index contributed by atoms with van der Waals surface area (Å²) in [6, 6.07) is 13.0. The van der Waals surface area contributed by atoms with E-state index < -0.39 is 0 Å².